The highest BCUT2D eigenvalue weighted by Crippen LogP contribution is 2.41. The van der Waals surface area contributed by atoms with E-state index in [4.69, 9.17) is 0 Å². The molecule has 4 rings (SSSR count). The Kier molecular flexibility index (Phi) is 2.91. The fourth-order valence-corrected chi connectivity index (χ4v) is 6.08. The molecule has 0 aromatic heterocycles. The van der Waals surface area contributed by atoms with Crippen LogP contribution in [0.25, 0.3) is 0 Å². The maximum Gasteiger partial charge on any atom is 0.243 e. The molecule has 0 amide bonds. The summed E-state index contributed by atoms with van der Waals surface area (Å²) in [6, 6.07) is 5.97. The van der Waals surface area contributed by atoms with Crippen molar-refractivity contribution in [1.29, 1.82) is 0 Å². The van der Waals surface area contributed by atoms with Crippen LogP contribution in [0.1, 0.15) is 30.4 Å². The van der Waals surface area contributed by atoms with Gasteiger partial charge in [0.2, 0.25) is 10.0 Å². The molecule has 2 unspecified atom stereocenters. The molecular formula is C15H20N2O2S. The van der Waals surface area contributed by atoms with Crippen molar-refractivity contribution >= 4 is 10.0 Å². The lowest BCUT2D eigenvalue weighted by atomic mass is 10.0. The number of benzene rings is 1. The Bertz CT molecular complexity index is 641. The second-order valence-corrected chi connectivity index (χ2v) is 8.09. The van der Waals surface area contributed by atoms with Gasteiger partial charge in [-0.15, -0.1) is 0 Å². The molecule has 2 heterocycles. The van der Waals surface area contributed by atoms with Gasteiger partial charge in [0.1, 0.15) is 0 Å². The molecule has 0 spiro atoms. The standard InChI is InChI=1S/C15H20N2O2S/c18-20(19,17-10-11-4-5-13(17)8-11)15-3-1-2-12-9-16-7-6-14(12)15/h1-3,11,13,16H,4-10H2. The number of sulfonamides is 1. The lowest BCUT2D eigenvalue weighted by molar-refractivity contribution is 0.333. The Morgan fingerprint density at radius 1 is 1.25 bits per heavy atom. The van der Waals surface area contributed by atoms with Crippen LogP contribution in [0.3, 0.4) is 0 Å². The van der Waals surface area contributed by atoms with Crippen molar-refractivity contribution in [3.63, 3.8) is 0 Å². The zero-order chi connectivity index (χ0) is 13.7. The van der Waals surface area contributed by atoms with E-state index in [0.717, 1.165) is 50.0 Å². The molecule has 2 bridgehead atoms. The third kappa shape index (κ3) is 1.84. The zero-order valence-electron chi connectivity index (χ0n) is 11.5. The van der Waals surface area contributed by atoms with Gasteiger partial charge in [-0.05, 0) is 55.3 Å². The number of hydrogen-bond donors (Lipinski definition) is 1. The summed E-state index contributed by atoms with van der Waals surface area (Å²) >= 11 is 0. The minimum Gasteiger partial charge on any atom is -0.312 e. The molecular weight excluding hydrogens is 272 g/mol. The van der Waals surface area contributed by atoms with Crippen molar-refractivity contribution in [2.45, 2.75) is 43.2 Å². The lowest BCUT2D eigenvalue weighted by Gasteiger charge is -2.28. The largest absolute Gasteiger partial charge is 0.312 e. The second kappa shape index (κ2) is 4.55. The van der Waals surface area contributed by atoms with Gasteiger partial charge in [0.15, 0.2) is 0 Å². The molecule has 1 N–H and O–H groups in total. The van der Waals surface area contributed by atoms with E-state index < -0.39 is 10.0 Å². The van der Waals surface area contributed by atoms with Gasteiger partial charge in [-0.3, -0.25) is 0 Å². The number of fused-ring (bicyclic) bond motifs is 3. The maximum absolute atomic E-state index is 13.0. The molecule has 20 heavy (non-hydrogen) atoms. The van der Waals surface area contributed by atoms with Crippen molar-refractivity contribution in [2.75, 3.05) is 13.1 Å². The summed E-state index contributed by atoms with van der Waals surface area (Å²) in [6.45, 7) is 2.38. The number of rotatable bonds is 2. The first-order valence-corrected chi connectivity index (χ1v) is 8.93. The second-order valence-electron chi connectivity index (χ2n) is 6.23. The SMILES string of the molecule is O=S(=O)(c1cccc2c1CCNC2)N1CC2CCC1C2. The first-order chi connectivity index (χ1) is 9.66. The van der Waals surface area contributed by atoms with Gasteiger partial charge in [0, 0.05) is 19.1 Å². The number of piperidine rings is 1. The van der Waals surface area contributed by atoms with Crippen LogP contribution in [0.5, 0.6) is 0 Å². The Morgan fingerprint density at radius 2 is 2.15 bits per heavy atom. The molecule has 1 saturated carbocycles. The minimum absolute atomic E-state index is 0.252. The molecule has 5 heteroatoms. The van der Waals surface area contributed by atoms with E-state index in [9.17, 15) is 8.42 Å². The monoisotopic (exact) mass is 292 g/mol. The van der Waals surface area contributed by atoms with Gasteiger partial charge >= 0.3 is 0 Å². The van der Waals surface area contributed by atoms with E-state index >= 15 is 0 Å². The molecule has 1 aromatic carbocycles. The van der Waals surface area contributed by atoms with Crippen molar-refractivity contribution in [2.24, 2.45) is 5.92 Å². The number of nitrogens with one attached hydrogen (secondary N) is 1. The van der Waals surface area contributed by atoms with Crippen LogP contribution in [-0.4, -0.2) is 31.9 Å². The van der Waals surface area contributed by atoms with Crippen LogP contribution in [0.2, 0.25) is 0 Å². The van der Waals surface area contributed by atoms with Crippen LogP contribution in [-0.2, 0) is 23.0 Å². The van der Waals surface area contributed by atoms with Gasteiger partial charge in [-0.2, -0.15) is 4.31 Å². The summed E-state index contributed by atoms with van der Waals surface area (Å²) < 4.78 is 27.8. The summed E-state index contributed by atoms with van der Waals surface area (Å²) in [4.78, 5) is 0.559. The van der Waals surface area contributed by atoms with E-state index in [1.165, 1.54) is 6.42 Å². The Hall–Kier alpha value is -0.910. The lowest BCUT2D eigenvalue weighted by Crippen LogP contribution is -2.38. The van der Waals surface area contributed by atoms with Crippen LogP contribution < -0.4 is 5.32 Å². The molecule has 0 radical (unpaired) electrons. The van der Waals surface area contributed by atoms with Crippen LogP contribution in [0.15, 0.2) is 23.1 Å². The molecule has 108 valence electrons. The Balaban J connectivity index is 1.77. The Morgan fingerprint density at radius 3 is 2.90 bits per heavy atom. The average Bonchev–Trinajstić information content (AvgIpc) is 3.09. The topological polar surface area (TPSA) is 49.4 Å². The molecule has 3 aliphatic rings. The molecule has 2 atom stereocenters. The third-order valence-electron chi connectivity index (χ3n) is 5.04. The average molecular weight is 292 g/mol. The molecule has 2 fully saturated rings. The van der Waals surface area contributed by atoms with Crippen molar-refractivity contribution in [3.05, 3.63) is 29.3 Å². The maximum atomic E-state index is 13.0. The fourth-order valence-electron chi connectivity index (χ4n) is 4.04. The summed E-state index contributed by atoms with van der Waals surface area (Å²) in [6.07, 6.45) is 4.12. The summed E-state index contributed by atoms with van der Waals surface area (Å²) in [7, 11) is -3.31. The van der Waals surface area contributed by atoms with Crippen LogP contribution in [0.4, 0.5) is 0 Å². The van der Waals surface area contributed by atoms with Gasteiger partial charge in [-0.1, -0.05) is 12.1 Å². The highest BCUT2D eigenvalue weighted by atomic mass is 32.2. The van der Waals surface area contributed by atoms with E-state index in [1.807, 2.05) is 12.1 Å². The molecule has 4 nitrogen and oxygen atoms in total. The van der Waals surface area contributed by atoms with E-state index in [2.05, 4.69) is 5.32 Å². The number of hydrogen-bond acceptors (Lipinski definition) is 3. The summed E-state index contributed by atoms with van der Waals surface area (Å²) in [5.74, 6) is 0.594. The van der Waals surface area contributed by atoms with Gasteiger partial charge in [-0.25, -0.2) is 8.42 Å². The fraction of sp³-hybridized carbons (Fsp3) is 0.600. The first kappa shape index (κ1) is 12.8. The van der Waals surface area contributed by atoms with Gasteiger partial charge in [0.05, 0.1) is 4.90 Å². The Labute approximate surface area is 120 Å². The third-order valence-corrected chi connectivity index (χ3v) is 7.05. The van der Waals surface area contributed by atoms with E-state index in [-0.39, 0.29) is 6.04 Å². The summed E-state index contributed by atoms with van der Waals surface area (Å²) in [5, 5.41) is 3.31. The predicted octanol–water partition coefficient (Wildman–Crippen LogP) is 1.51. The van der Waals surface area contributed by atoms with Crippen molar-refractivity contribution < 1.29 is 8.42 Å². The molecule has 1 aromatic rings. The van der Waals surface area contributed by atoms with Gasteiger partial charge < -0.3 is 5.32 Å². The minimum atomic E-state index is -3.31. The van der Waals surface area contributed by atoms with Gasteiger partial charge in [0.25, 0.3) is 0 Å². The van der Waals surface area contributed by atoms with Crippen molar-refractivity contribution in [3.8, 4) is 0 Å². The highest BCUT2D eigenvalue weighted by molar-refractivity contribution is 7.89. The van der Waals surface area contributed by atoms with E-state index in [1.54, 1.807) is 10.4 Å². The quantitative estimate of drug-likeness (QED) is 0.899. The molecule has 1 saturated heterocycles. The summed E-state index contributed by atoms with van der Waals surface area (Å²) in [5.41, 5.74) is 2.18. The van der Waals surface area contributed by atoms with Crippen LogP contribution >= 0.6 is 0 Å². The molecule has 2 aliphatic heterocycles. The van der Waals surface area contributed by atoms with Crippen LogP contribution in [0, 0.1) is 5.92 Å². The number of nitrogens with zero attached hydrogens (tertiary/aromatic N) is 1. The zero-order valence-corrected chi connectivity index (χ0v) is 12.3. The van der Waals surface area contributed by atoms with E-state index in [0.29, 0.717) is 10.8 Å². The van der Waals surface area contributed by atoms with Crippen molar-refractivity contribution in [1.82, 2.24) is 9.62 Å². The smallest absolute Gasteiger partial charge is 0.243 e. The first-order valence-electron chi connectivity index (χ1n) is 7.49. The normalized spacial score (nSPS) is 29.6. The molecule has 1 aliphatic carbocycles. The predicted molar refractivity (Wildman–Crippen MR) is 76.9 cm³/mol. The highest BCUT2D eigenvalue weighted by Gasteiger charge is 2.44.